The largest absolute Gasteiger partial charge is 0.389 e. The maximum Gasteiger partial charge on any atom is 0.0900 e. The summed E-state index contributed by atoms with van der Waals surface area (Å²) in [5, 5.41) is 9.92. The lowest BCUT2D eigenvalue weighted by molar-refractivity contribution is -0.0262. The fraction of sp³-hybridized carbons (Fsp3) is 1.00. The molecule has 0 aromatic carbocycles. The molecule has 0 spiro atoms. The second kappa shape index (κ2) is 6.58. The molecular formula is C13H27NO2. The highest BCUT2D eigenvalue weighted by Gasteiger charge is 2.26. The number of piperidine rings is 1. The van der Waals surface area contributed by atoms with Gasteiger partial charge in [-0.1, -0.05) is 6.42 Å². The van der Waals surface area contributed by atoms with Crippen LogP contribution in [0.5, 0.6) is 0 Å². The van der Waals surface area contributed by atoms with Gasteiger partial charge < -0.3 is 9.84 Å². The molecule has 3 unspecified atom stereocenters. The van der Waals surface area contributed by atoms with Crippen LogP contribution in [0.3, 0.4) is 0 Å². The Kier molecular flexibility index (Phi) is 5.73. The van der Waals surface area contributed by atoms with E-state index in [9.17, 15) is 5.11 Å². The summed E-state index contributed by atoms with van der Waals surface area (Å²) in [4.78, 5) is 2.41. The van der Waals surface area contributed by atoms with Crippen LogP contribution < -0.4 is 0 Å². The number of rotatable bonds is 5. The fourth-order valence-corrected chi connectivity index (χ4v) is 2.43. The van der Waals surface area contributed by atoms with Crippen molar-refractivity contribution in [2.45, 2.75) is 71.2 Å². The summed E-state index contributed by atoms with van der Waals surface area (Å²) < 4.78 is 5.44. The SMILES string of the molecule is CC(C)OCC(O)CN1C(C)CCCC1C. The second-order valence-electron chi connectivity index (χ2n) is 5.36. The van der Waals surface area contributed by atoms with Crippen LogP contribution in [0.25, 0.3) is 0 Å². The molecule has 1 heterocycles. The first kappa shape index (κ1) is 13.9. The molecule has 0 aromatic rings. The summed E-state index contributed by atoms with van der Waals surface area (Å²) >= 11 is 0. The molecule has 0 saturated carbocycles. The number of likely N-dealkylation sites (tertiary alicyclic amines) is 1. The van der Waals surface area contributed by atoms with Gasteiger partial charge in [0.25, 0.3) is 0 Å². The topological polar surface area (TPSA) is 32.7 Å². The third-order valence-corrected chi connectivity index (χ3v) is 3.42. The van der Waals surface area contributed by atoms with E-state index in [1.807, 2.05) is 13.8 Å². The van der Waals surface area contributed by atoms with Crippen LogP contribution in [0.1, 0.15) is 47.0 Å². The quantitative estimate of drug-likeness (QED) is 0.783. The molecule has 1 rings (SSSR count). The van der Waals surface area contributed by atoms with Gasteiger partial charge in [0.15, 0.2) is 0 Å². The fourth-order valence-electron chi connectivity index (χ4n) is 2.43. The van der Waals surface area contributed by atoms with Gasteiger partial charge in [0.1, 0.15) is 0 Å². The summed E-state index contributed by atoms with van der Waals surface area (Å²) in [6.07, 6.45) is 3.66. The van der Waals surface area contributed by atoms with Crippen molar-refractivity contribution in [1.82, 2.24) is 4.90 Å². The summed E-state index contributed by atoms with van der Waals surface area (Å²) in [6.45, 7) is 9.71. The molecule has 1 aliphatic rings. The van der Waals surface area contributed by atoms with Gasteiger partial charge in [-0.3, -0.25) is 4.90 Å². The van der Waals surface area contributed by atoms with Gasteiger partial charge in [0.05, 0.1) is 18.8 Å². The molecule has 3 heteroatoms. The summed E-state index contributed by atoms with van der Waals surface area (Å²) in [5.41, 5.74) is 0. The van der Waals surface area contributed by atoms with Crippen molar-refractivity contribution >= 4 is 0 Å². The molecule has 0 radical (unpaired) electrons. The lowest BCUT2D eigenvalue weighted by Gasteiger charge is -2.40. The van der Waals surface area contributed by atoms with E-state index in [-0.39, 0.29) is 12.2 Å². The minimum absolute atomic E-state index is 0.200. The molecule has 3 nitrogen and oxygen atoms in total. The molecule has 3 atom stereocenters. The molecule has 1 saturated heterocycles. The van der Waals surface area contributed by atoms with Gasteiger partial charge >= 0.3 is 0 Å². The first-order valence-corrected chi connectivity index (χ1v) is 6.56. The number of aliphatic hydroxyl groups is 1. The van der Waals surface area contributed by atoms with Crippen molar-refractivity contribution < 1.29 is 9.84 Å². The van der Waals surface area contributed by atoms with E-state index < -0.39 is 0 Å². The van der Waals surface area contributed by atoms with E-state index in [0.717, 1.165) is 6.54 Å². The average molecular weight is 229 g/mol. The lowest BCUT2D eigenvalue weighted by Crippen LogP contribution is -2.48. The first-order chi connectivity index (χ1) is 7.50. The Hall–Kier alpha value is -0.120. The summed E-state index contributed by atoms with van der Waals surface area (Å²) in [7, 11) is 0. The third-order valence-electron chi connectivity index (χ3n) is 3.42. The molecule has 96 valence electrons. The number of β-amino-alcohol motifs (C(OH)–C–C–N with tert-alkyl or cyclic N) is 1. The highest BCUT2D eigenvalue weighted by molar-refractivity contribution is 4.81. The zero-order chi connectivity index (χ0) is 12.1. The molecule has 1 N–H and O–H groups in total. The van der Waals surface area contributed by atoms with Crippen molar-refractivity contribution in [1.29, 1.82) is 0 Å². The smallest absolute Gasteiger partial charge is 0.0900 e. The van der Waals surface area contributed by atoms with Crippen LogP contribution >= 0.6 is 0 Å². The standard InChI is InChI=1S/C13H27NO2/c1-10(2)16-9-13(15)8-14-11(3)6-5-7-12(14)4/h10-13,15H,5-9H2,1-4H3. The van der Waals surface area contributed by atoms with Gasteiger partial charge in [0.2, 0.25) is 0 Å². The highest BCUT2D eigenvalue weighted by Crippen LogP contribution is 2.22. The predicted molar refractivity (Wildman–Crippen MR) is 66.6 cm³/mol. The number of ether oxygens (including phenoxy) is 1. The molecule has 0 amide bonds. The molecule has 1 aliphatic heterocycles. The molecule has 0 aromatic heterocycles. The lowest BCUT2D eigenvalue weighted by atomic mass is 9.97. The maximum absolute atomic E-state index is 9.92. The van der Waals surface area contributed by atoms with E-state index in [2.05, 4.69) is 18.7 Å². The van der Waals surface area contributed by atoms with Crippen LogP contribution in [0.15, 0.2) is 0 Å². The zero-order valence-electron chi connectivity index (χ0n) is 11.1. The van der Waals surface area contributed by atoms with E-state index in [1.165, 1.54) is 19.3 Å². The van der Waals surface area contributed by atoms with Crippen molar-refractivity contribution in [3.05, 3.63) is 0 Å². The van der Waals surface area contributed by atoms with E-state index in [1.54, 1.807) is 0 Å². The van der Waals surface area contributed by atoms with Crippen LogP contribution in [0, 0.1) is 0 Å². The monoisotopic (exact) mass is 229 g/mol. The number of hydrogen-bond acceptors (Lipinski definition) is 3. The summed E-state index contributed by atoms with van der Waals surface area (Å²) in [6, 6.07) is 1.19. The second-order valence-corrected chi connectivity index (χ2v) is 5.36. The molecular weight excluding hydrogens is 202 g/mol. The molecule has 16 heavy (non-hydrogen) atoms. The Balaban J connectivity index is 2.33. The Morgan fingerprint density at radius 2 is 1.81 bits per heavy atom. The van der Waals surface area contributed by atoms with Gasteiger partial charge in [0, 0.05) is 18.6 Å². The van der Waals surface area contributed by atoms with Crippen LogP contribution in [0.4, 0.5) is 0 Å². The third kappa shape index (κ3) is 4.40. The predicted octanol–water partition coefficient (Wildman–Crippen LogP) is 2.04. The normalized spacial score (nSPS) is 29.6. The minimum Gasteiger partial charge on any atom is -0.389 e. The van der Waals surface area contributed by atoms with Crippen LogP contribution in [0.2, 0.25) is 0 Å². The zero-order valence-corrected chi connectivity index (χ0v) is 11.1. The van der Waals surface area contributed by atoms with E-state index >= 15 is 0 Å². The average Bonchev–Trinajstić information content (AvgIpc) is 2.21. The maximum atomic E-state index is 9.92. The minimum atomic E-state index is -0.356. The van der Waals surface area contributed by atoms with Crippen molar-refractivity contribution in [3.8, 4) is 0 Å². The Bertz CT molecular complexity index is 186. The van der Waals surface area contributed by atoms with Gasteiger partial charge in [-0.05, 0) is 40.5 Å². The summed E-state index contributed by atoms with van der Waals surface area (Å²) in [5.74, 6) is 0. The number of aliphatic hydroxyl groups excluding tert-OH is 1. The molecule has 0 aliphatic carbocycles. The van der Waals surface area contributed by atoms with Gasteiger partial charge in [-0.15, -0.1) is 0 Å². The van der Waals surface area contributed by atoms with Crippen molar-refractivity contribution in [2.75, 3.05) is 13.2 Å². The highest BCUT2D eigenvalue weighted by atomic mass is 16.5. The number of nitrogens with zero attached hydrogens (tertiary/aromatic N) is 1. The van der Waals surface area contributed by atoms with E-state index in [4.69, 9.17) is 4.74 Å². The Labute approximate surface area is 99.8 Å². The Morgan fingerprint density at radius 3 is 2.31 bits per heavy atom. The Morgan fingerprint density at radius 1 is 1.25 bits per heavy atom. The van der Waals surface area contributed by atoms with Crippen LogP contribution in [-0.4, -0.2) is 47.4 Å². The molecule has 0 bridgehead atoms. The van der Waals surface area contributed by atoms with Crippen molar-refractivity contribution in [2.24, 2.45) is 0 Å². The van der Waals surface area contributed by atoms with Gasteiger partial charge in [-0.2, -0.15) is 0 Å². The first-order valence-electron chi connectivity index (χ1n) is 6.56. The van der Waals surface area contributed by atoms with Gasteiger partial charge in [-0.25, -0.2) is 0 Å². The van der Waals surface area contributed by atoms with E-state index in [0.29, 0.717) is 18.7 Å². The number of hydrogen-bond donors (Lipinski definition) is 1. The van der Waals surface area contributed by atoms with Crippen LogP contribution in [-0.2, 0) is 4.74 Å². The van der Waals surface area contributed by atoms with Crippen molar-refractivity contribution in [3.63, 3.8) is 0 Å². The molecule has 1 fully saturated rings.